The molecule has 4 aliphatic rings. The highest BCUT2D eigenvalue weighted by Gasteiger charge is 2.33. The van der Waals surface area contributed by atoms with E-state index < -0.39 is 23.3 Å². The second kappa shape index (κ2) is 16.6. The van der Waals surface area contributed by atoms with Crippen LogP contribution in [0, 0.1) is 65.7 Å². The highest BCUT2D eigenvalue weighted by atomic mass is 19.2. The fourth-order valence-electron chi connectivity index (χ4n) is 9.55. The Bertz CT molecular complexity index is 1280. The van der Waals surface area contributed by atoms with Gasteiger partial charge < -0.3 is 0 Å². The minimum Gasteiger partial charge on any atom is -0.204 e. The van der Waals surface area contributed by atoms with Crippen LogP contribution >= 0.6 is 0 Å². The first-order chi connectivity index (χ1) is 22.3. The summed E-state index contributed by atoms with van der Waals surface area (Å²) in [6, 6.07) is 8.14. The lowest BCUT2D eigenvalue weighted by atomic mass is 9.68. The van der Waals surface area contributed by atoms with Gasteiger partial charge in [0.1, 0.15) is 0 Å². The van der Waals surface area contributed by atoms with E-state index in [1.54, 1.807) is 31.2 Å². The number of rotatable bonds is 6. The molecule has 0 unspecified atom stereocenters. The van der Waals surface area contributed by atoms with Crippen LogP contribution in [0.15, 0.2) is 55.1 Å². The van der Waals surface area contributed by atoms with Gasteiger partial charge in [-0.25, -0.2) is 17.6 Å². The minimum atomic E-state index is -0.706. The second-order valence-corrected chi connectivity index (χ2v) is 15.1. The van der Waals surface area contributed by atoms with Gasteiger partial charge in [-0.3, -0.25) is 0 Å². The van der Waals surface area contributed by atoms with Crippen molar-refractivity contribution < 1.29 is 17.6 Å². The molecule has 4 heteroatoms. The number of hydrogen-bond donors (Lipinski definition) is 0. The number of halogens is 4. The van der Waals surface area contributed by atoms with Crippen molar-refractivity contribution in [3.05, 3.63) is 95.1 Å². The Hall–Kier alpha value is -2.36. The summed E-state index contributed by atoms with van der Waals surface area (Å²) >= 11 is 0. The SMILES string of the molecule is C/C=C/C1CCC(C2CCC(c3ccc(C)c(F)c3F)CC2)CC1.C=CC1CCC(C2CCC(c3cccc(F)c3F)CC2)CC1. The van der Waals surface area contributed by atoms with Crippen LogP contribution in [0.2, 0.25) is 0 Å². The molecule has 46 heavy (non-hydrogen) atoms. The van der Waals surface area contributed by atoms with Crippen molar-refractivity contribution in [3.63, 3.8) is 0 Å². The van der Waals surface area contributed by atoms with Gasteiger partial charge in [0.15, 0.2) is 23.3 Å². The molecular weight excluding hydrogens is 580 g/mol. The predicted octanol–water partition coefficient (Wildman–Crippen LogP) is 13.2. The molecule has 4 saturated carbocycles. The van der Waals surface area contributed by atoms with Crippen LogP contribution in [0.5, 0.6) is 0 Å². The van der Waals surface area contributed by atoms with Gasteiger partial charge in [0.25, 0.3) is 0 Å². The van der Waals surface area contributed by atoms with E-state index in [4.69, 9.17) is 0 Å². The Labute approximate surface area is 276 Å². The quantitative estimate of drug-likeness (QED) is 0.219. The summed E-state index contributed by atoms with van der Waals surface area (Å²) in [7, 11) is 0. The third-order valence-corrected chi connectivity index (χ3v) is 12.5. The van der Waals surface area contributed by atoms with Crippen LogP contribution in [0.1, 0.15) is 138 Å². The average molecular weight is 637 g/mol. The van der Waals surface area contributed by atoms with Crippen LogP contribution in [-0.2, 0) is 0 Å². The van der Waals surface area contributed by atoms with E-state index in [0.717, 1.165) is 55.3 Å². The summed E-state index contributed by atoms with van der Waals surface area (Å²) in [5, 5.41) is 0. The molecule has 0 saturated heterocycles. The summed E-state index contributed by atoms with van der Waals surface area (Å²) in [6.45, 7) is 7.65. The van der Waals surface area contributed by atoms with Crippen LogP contribution < -0.4 is 0 Å². The molecule has 2 aromatic rings. The summed E-state index contributed by atoms with van der Waals surface area (Å²) in [4.78, 5) is 0. The summed E-state index contributed by atoms with van der Waals surface area (Å²) in [5.41, 5.74) is 1.60. The maximum absolute atomic E-state index is 14.2. The van der Waals surface area contributed by atoms with Gasteiger partial charge in [-0.15, -0.1) is 6.58 Å². The van der Waals surface area contributed by atoms with Crippen LogP contribution in [0.4, 0.5) is 17.6 Å². The number of hydrogen-bond acceptors (Lipinski definition) is 0. The van der Waals surface area contributed by atoms with Crippen molar-refractivity contribution in [3.8, 4) is 0 Å². The van der Waals surface area contributed by atoms with Gasteiger partial charge >= 0.3 is 0 Å². The van der Waals surface area contributed by atoms with Crippen LogP contribution in [-0.4, -0.2) is 0 Å². The smallest absolute Gasteiger partial charge is 0.162 e. The first-order valence-corrected chi connectivity index (χ1v) is 18.4. The zero-order valence-electron chi connectivity index (χ0n) is 28.3. The molecule has 0 atom stereocenters. The van der Waals surface area contributed by atoms with Crippen molar-refractivity contribution in [2.45, 2.75) is 128 Å². The first kappa shape index (κ1) is 35.0. The fourth-order valence-corrected chi connectivity index (χ4v) is 9.55. The van der Waals surface area contributed by atoms with Crippen molar-refractivity contribution in [1.29, 1.82) is 0 Å². The Morgan fingerprint density at radius 2 is 1.00 bits per heavy atom. The number of benzene rings is 2. The lowest BCUT2D eigenvalue weighted by Crippen LogP contribution is -2.25. The maximum Gasteiger partial charge on any atom is 0.162 e. The molecule has 0 heterocycles. The third kappa shape index (κ3) is 8.56. The minimum absolute atomic E-state index is 0.204. The van der Waals surface area contributed by atoms with E-state index >= 15 is 0 Å². The Kier molecular flexibility index (Phi) is 12.7. The van der Waals surface area contributed by atoms with Gasteiger partial charge in [0.05, 0.1) is 0 Å². The Balaban J connectivity index is 0.000000182. The van der Waals surface area contributed by atoms with Gasteiger partial charge in [-0.2, -0.15) is 0 Å². The Morgan fingerprint density at radius 3 is 1.48 bits per heavy atom. The molecule has 0 nitrogen and oxygen atoms in total. The molecule has 0 amide bonds. The Morgan fingerprint density at radius 1 is 0.543 bits per heavy atom. The fraction of sp³-hybridized carbons (Fsp3) is 0.619. The zero-order chi connectivity index (χ0) is 32.6. The van der Waals surface area contributed by atoms with E-state index in [0.29, 0.717) is 22.6 Å². The topological polar surface area (TPSA) is 0 Å². The zero-order valence-corrected chi connectivity index (χ0v) is 28.3. The molecule has 6 rings (SSSR count). The van der Waals surface area contributed by atoms with E-state index in [2.05, 4.69) is 31.7 Å². The lowest BCUT2D eigenvalue weighted by Gasteiger charge is -2.37. The second-order valence-electron chi connectivity index (χ2n) is 15.1. The normalized spacial score (nSPS) is 32.0. The molecular formula is C42H56F4. The van der Waals surface area contributed by atoms with E-state index in [1.165, 1.54) is 83.1 Å². The molecule has 0 radical (unpaired) electrons. The summed E-state index contributed by atoms with van der Waals surface area (Å²) in [5.74, 6) is 2.60. The van der Waals surface area contributed by atoms with Crippen LogP contribution in [0.25, 0.3) is 0 Å². The molecule has 0 aromatic heterocycles. The third-order valence-electron chi connectivity index (χ3n) is 12.5. The molecule has 0 aliphatic heterocycles. The molecule has 2 aromatic carbocycles. The van der Waals surface area contributed by atoms with Crippen LogP contribution in [0.3, 0.4) is 0 Å². The van der Waals surface area contributed by atoms with Crippen molar-refractivity contribution in [1.82, 2.24) is 0 Å². The highest BCUT2D eigenvalue weighted by molar-refractivity contribution is 5.28. The van der Waals surface area contributed by atoms with Gasteiger partial charge in [0, 0.05) is 0 Å². The molecule has 252 valence electrons. The predicted molar refractivity (Wildman–Crippen MR) is 183 cm³/mol. The number of allylic oxidation sites excluding steroid dienone is 3. The maximum atomic E-state index is 14.2. The van der Waals surface area contributed by atoms with Gasteiger partial charge in [0.2, 0.25) is 0 Å². The molecule has 0 bridgehead atoms. The average Bonchev–Trinajstić information content (AvgIpc) is 3.10. The molecule has 4 fully saturated rings. The van der Waals surface area contributed by atoms with Crippen molar-refractivity contribution >= 4 is 0 Å². The highest BCUT2D eigenvalue weighted by Crippen LogP contribution is 2.46. The monoisotopic (exact) mass is 636 g/mol. The molecule has 0 N–H and O–H groups in total. The number of aryl methyl sites for hydroxylation is 1. The summed E-state index contributed by atoms with van der Waals surface area (Å²) in [6.07, 6.45) is 25.9. The first-order valence-electron chi connectivity index (χ1n) is 18.4. The van der Waals surface area contributed by atoms with Gasteiger partial charge in [-0.1, -0.05) is 42.5 Å². The summed E-state index contributed by atoms with van der Waals surface area (Å²) < 4.78 is 55.4. The van der Waals surface area contributed by atoms with Gasteiger partial charge in [-0.05, 0) is 187 Å². The standard InChI is InChI=1S/C22H30F2.C20H26F2/c1-3-4-16-6-8-17(9-7-16)18-10-12-19(13-11-18)20-14-5-15(2)21(23)22(20)24;1-2-14-6-8-15(9-7-14)16-10-12-17(13-11-16)18-4-3-5-19(21)20(18)22/h3-5,14,16-19H,6-13H2,1-2H3;2-5,14-17H,1,6-13H2/b4-3+;. The van der Waals surface area contributed by atoms with E-state index in [9.17, 15) is 17.6 Å². The van der Waals surface area contributed by atoms with Crippen molar-refractivity contribution in [2.75, 3.05) is 0 Å². The largest absolute Gasteiger partial charge is 0.204 e. The van der Waals surface area contributed by atoms with E-state index in [-0.39, 0.29) is 11.8 Å². The van der Waals surface area contributed by atoms with E-state index in [1.807, 2.05) is 0 Å². The lowest BCUT2D eigenvalue weighted by molar-refractivity contribution is 0.170. The van der Waals surface area contributed by atoms with Crippen molar-refractivity contribution in [2.24, 2.45) is 35.5 Å². The molecule has 0 spiro atoms. The molecule has 4 aliphatic carbocycles.